The van der Waals surface area contributed by atoms with E-state index in [9.17, 15) is 9.59 Å². The summed E-state index contributed by atoms with van der Waals surface area (Å²) in [5, 5.41) is 13.2. The molecule has 7 nitrogen and oxygen atoms in total. The Bertz CT molecular complexity index is 1410. The molecule has 1 N–H and O–H groups in total. The van der Waals surface area contributed by atoms with Crippen LogP contribution in [0, 0.1) is 0 Å². The van der Waals surface area contributed by atoms with E-state index in [-0.39, 0.29) is 22.2 Å². The number of hydrogen-bond donors (Lipinski definition) is 1. The van der Waals surface area contributed by atoms with Gasteiger partial charge in [0.2, 0.25) is 5.91 Å². The van der Waals surface area contributed by atoms with Gasteiger partial charge in [-0.2, -0.15) is 0 Å². The number of nitrogens with zero attached hydrogens (tertiary/aromatic N) is 3. The van der Waals surface area contributed by atoms with Crippen molar-refractivity contribution in [2.45, 2.75) is 37.9 Å². The van der Waals surface area contributed by atoms with Gasteiger partial charge in [0.15, 0.2) is 5.16 Å². The zero-order valence-electron chi connectivity index (χ0n) is 21.4. The number of benzene rings is 3. The van der Waals surface area contributed by atoms with Gasteiger partial charge in [0.05, 0.1) is 29.5 Å². The molecule has 0 radical (unpaired) electrons. The predicted molar refractivity (Wildman–Crippen MR) is 156 cm³/mol. The molecule has 4 rings (SSSR count). The van der Waals surface area contributed by atoms with Crippen LogP contribution in [0.5, 0.6) is 0 Å². The zero-order valence-corrected chi connectivity index (χ0v) is 23.7. The van der Waals surface area contributed by atoms with Gasteiger partial charge in [-0.1, -0.05) is 90.8 Å². The number of unbranched alkanes of at least 4 members (excludes halogenated alkanes) is 1. The fraction of sp³-hybridized carbons (Fsp3) is 0.241. The first-order valence-electron chi connectivity index (χ1n) is 12.5. The number of esters is 1. The van der Waals surface area contributed by atoms with Gasteiger partial charge in [-0.15, -0.1) is 10.2 Å². The van der Waals surface area contributed by atoms with Crippen LogP contribution in [0.2, 0.25) is 10.0 Å². The fourth-order valence-electron chi connectivity index (χ4n) is 3.74. The van der Waals surface area contributed by atoms with Crippen LogP contribution in [0.1, 0.15) is 47.1 Å². The number of rotatable bonds is 12. The van der Waals surface area contributed by atoms with Crippen molar-refractivity contribution in [1.29, 1.82) is 0 Å². The molecule has 39 heavy (non-hydrogen) atoms. The van der Waals surface area contributed by atoms with Crippen molar-refractivity contribution in [3.63, 3.8) is 0 Å². The highest BCUT2D eigenvalue weighted by Crippen LogP contribution is 2.24. The average Bonchev–Trinajstić information content (AvgIpc) is 3.31. The van der Waals surface area contributed by atoms with Crippen LogP contribution in [0.3, 0.4) is 0 Å². The number of carbonyl (C=O) groups is 2. The maximum atomic E-state index is 12.8. The molecule has 1 heterocycles. The quantitative estimate of drug-likeness (QED) is 0.111. The number of ether oxygens (including phenoxy) is 1. The predicted octanol–water partition coefficient (Wildman–Crippen LogP) is 6.91. The van der Waals surface area contributed by atoms with Gasteiger partial charge in [0.1, 0.15) is 5.82 Å². The Balaban J connectivity index is 1.45. The van der Waals surface area contributed by atoms with Crippen molar-refractivity contribution in [3.05, 3.63) is 105 Å². The summed E-state index contributed by atoms with van der Waals surface area (Å²) in [6.07, 6.45) is 2.29. The minimum atomic E-state index is -0.514. The van der Waals surface area contributed by atoms with Crippen molar-refractivity contribution in [2.24, 2.45) is 0 Å². The van der Waals surface area contributed by atoms with Gasteiger partial charge in [-0.25, -0.2) is 4.79 Å². The van der Waals surface area contributed by atoms with Gasteiger partial charge in [-0.3, -0.25) is 4.79 Å². The standard InChI is InChI=1S/C29H28Cl2N4O3S/c1-2-3-15-38-28(37)24-17-23(13-14-25(24)31)32-27(36)19-39-29-34-33-26(16-20-7-5-4-6-8-20)35(29)18-21-9-11-22(30)12-10-21/h4-14,17H,2-3,15-16,18-19H2,1H3,(H,32,36). The van der Waals surface area contributed by atoms with E-state index in [1.54, 1.807) is 12.1 Å². The van der Waals surface area contributed by atoms with E-state index in [1.165, 1.54) is 17.8 Å². The lowest BCUT2D eigenvalue weighted by Gasteiger charge is -2.11. The molecule has 0 saturated carbocycles. The van der Waals surface area contributed by atoms with E-state index in [0.717, 1.165) is 29.8 Å². The minimum Gasteiger partial charge on any atom is -0.462 e. The molecule has 1 amide bonds. The number of aromatic nitrogens is 3. The Morgan fingerprint density at radius 1 is 0.974 bits per heavy atom. The maximum absolute atomic E-state index is 12.8. The molecule has 4 aromatic rings. The van der Waals surface area contributed by atoms with Crippen LogP contribution in [0.25, 0.3) is 0 Å². The average molecular weight is 584 g/mol. The minimum absolute atomic E-state index is 0.100. The number of amides is 1. The summed E-state index contributed by atoms with van der Waals surface area (Å²) < 4.78 is 7.28. The lowest BCUT2D eigenvalue weighted by Crippen LogP contribution is -2.16. The van der Waals surface area contributed by atoms with Crippen LogP contribution < -0.4 is 5.32 Å². The third-order valence-electron chi connectivity index (χ3n) is 5.79. The van der Waals surface area contributed by atoms with Gasteiger partial charge in [0, 0.05) is 17.1 Å². The molecule has 0 fully saturated rings. The smallest absolute Gasteiger partial charge is 0.339 e. The number of carbonyl (C=O) groups excluding carboxylic acids is 2. The van der Waals surface area contributed by atoms with Crippen molar-refractivity contribution in [1.82, 2.24) is 14.8 Å². The molecular weight excluding hydrogens is 555 g/mol. The van der Waals surface area contributed by atoms with Crippen molar-refractivity contribution >= 4 is 52.5 Å². The van der Waals surface area contributed by atoms with Gasteiger partial charge in [-0.05, 0) is 47.9 Å². The Labute approximate surface area is 241 Å². The molecular formula is C29H28Cl2N4O3S. The number of nitrogens with one attached hydrogen (secondary N) is 1. The van der Waals surface area contributed by atoms with E-state index in [0.29, 0.717) is 35.4 Å². The van der Waals surface area contributed by atoms with Gasteiger partial charge >= 0.3 is 5.97 Å². The molecule has 0 bridgehead atoms. The lowest BCUT2D eigenvalue weighted by atomic mass is 10.1. The van der Waals surface area contributed by atoms with E-state index >= 15 is 0 Å². The molecule has 0 atom stereocenters. The normalized spacial score (nSPS) is 10.8. The molecule has 202 valence electrons. The zero-order chi connectivity index (χ0) is 27.6. The van der Waals surface area contributed by atoms with Crippen molar-refractivity contribution in [2.75, 3.05) is 17.7 Å². The third-order valence-corrected chi connectivity index (χ3v) is 7.33. The lowest BCUT2D eigenvalue weighted by molar-refractivity contribution is -0.113. The number of anilines is 1. The molecule has 0 spiro atoms. The van der Waals surface area contributed by atoms with Crippen molar-refractivity contribution in [3.8, 4) is 0 Å². The number of thioether (sulfide) groups is 1. The highest BCUT2D eigenvalue weighted by atomic mass is 35.5. The van der Waals surface area contributed by atoms with E-state index < -0.39 is 5.97 Å². The highest BCUT2D eigenvalue weighted by molar-refractivity contribution is 7.99. The second kappa shape index (κ2) is 14.2. The molecule has 3 aromatic carbocycles. The number of hydrogen-bond acceptors (Lipinski definition) is 6. The summed E-state index contributed by atoms with van der Waals surface area (Å²) in [6, 6.07) is 22.4. The molecule has 0 unspecified atom stereocenters. The summed E-state index contributed by atoms with van der Waals surface area (Å²) in [5.74, 6) is 0.129. The summed E-state index contributed by atoms with van der Waals surface area (Å²) in [6.45, 7) is 2.87. The van der Waals surface area contributed by atoms with Crippen molar-refractivity contribution < 1.29 is 14.3 Å². The second-order valence-electron chi connectivity index (χ2n) is 8.79. The van der Waals surface area contributed by atoms with Crippen LogP contribution in [-0.4, -0.2) is 39.0 Å². The monoisotopic (exact) mass is 582 g/mol. The van der Waals surface area contributed by atoms with Crippen LogP contribution in [-0.2, 0) is 22.5 Å². The van der Waals surface area contributed by atoms with Crippen LogP contribution in [0.4, 0.5) is 5.69 Å². The molecule has 0 saturated heterocycles. The highest BCUT2D eigenvalue weighted by Gasteiger charge is 2.17. The van der Waals surface area contributed by atoms with Crippen LogP contribution >= 0.6 is 35.0 Å². The largest absolute Gasteiger partial charge is 0.462 e. The molecule has 0 aliphatic rings. The van der Waals surface area contributed by atoms with Gasteiger partial charge < -0.3 is 14.6 Å². The first kappa shape index (κ1) is 28.7. The Hall–Kier alpha value is -3.33. The van der Waals surface area contributed by atoms with E-state index in [1.807, 2.05) is 66.1 Å². The number of halogens is 2. The first-order valence-corrected chi connectivity index (χ1v) is 14.3. The molecule has 0 aliphatic carbocycles. The van der Waals surface area contributed by atoms with E-state index in [4.69, 9.17) is 27.9 Å². The third kappa shape index (κ3) is 8.33. The summed E-state index contributed by atoms with van der Waals surface area (Å²) in [5.41, 5.74) is 2.83. The summed E-state index contributed by atoms with van der Waals surface area (Å²) in [7, 11) is 0. The van der Waals surface area contributed by atoms with Crippen LogP contribution in [0.15, 0.2) is 78.0 Å². The Morgan fingerprint density at radius 2 is 1.74 bits per heavy atom. The Morgan fingerprint density at radius 3 is 2.49 bits per heavy atom. The summed E-state index contributed by atoms with van der Waals surface area (Å²) >= 11 is 13.5. The van der Waals surface area contributed by atoms with Gasteiger partial charge in [0.25, 0.3) is 0 Å². The summed E-state index contributed by atoms with van der Waals surface area (Å²) in [4.78, 5) is 25.2. The van der Waals surface area contributed by atoms with E-state index in [2.05, 4.69) is 15.5 Å². The fourth-order valence-corrected chi connectivity index (χ4v) is 4.82. The first-order chi connectivity index (χ1) is 18.9. The molecule has 10 heteroatoms. The topological polar surface area (TPSA) is 86.1 Å². The Kier molecular flexibility index (Phi) is 10.4. The SMILES string of the molecule is CCCCOC(=O)c1cc(NC(=O)CSc2nnc(Cc3ccccc3)n2Cc2ccc(Cl)cc2)ccc1Cl. The molecule has 1 aromatic heterocycles. The maximum Gasteiger partial charge on any atom is 0.339 e. The molecule has 0 aliphatic heterocycles. The second-order valence-corrected chi connectivity index (χ2v) is 10.6.